The largest absolute Gasteiger partial charge is 0.299 e. The smallest absolute Gasteiger partial charge is 0.284 e. The molecule has 0 rings (SSSR count). The van der Waals surface area contributed by atoms with Crippen LogP contribution in [0.3, 0.4) is 0 Å². The van der Waals surface area contributed by atoms with Crippen molar-refractivity contribution in [2.45, 2.75) is 6.42 Å². The van der Waals surface area contributed by atoms with Gasteiger partial charge in [0.05, 0.1) is 12.1 Å². The summed E-state index contributed by atoms with van der Waals surface area (Å²) in [4.78, 5) is 0. The van der Waals surface area contributed by atoms with Crippen LogP contribution in [0.4, 0.5) is 0 Å². The standard InChI is InChI=1S/C3H2N2.H2O3S/c4-2-1-3-5;1-4(2)3/h1H2;(H2,1,2,3). The lowest BCUT2D eigenvalue weighted by atomic mass is 10.5. The lowest BCUT2D eigenvalue weighted by Crippen LogP contribution is -1.74. The topological polar surface area (TPSA) is 105 Å². The molecule has 0 aromatic rings. The van der Waals surface area contributed by atoms with Crippen molar-refractivity contribution in [1.29, 1.82) is 10.5 Å². The molecule has 0 aromatic heterocycles. The molecule has 0 spiro atoms. The summed E-state index contributed by atoms with van der Waals surface area (Å²) in [6.45, 7) is 0. The first-order valence-corrected chi connectivity index (χ1v) is 2.75. The Balaban J connectivity index is 0. The molecule has 9 heavy (non-hydrogen) atoms. The van der Waals surface area contributed by atoms with E-state index >= 15 is 0 Å². The molecule has 0 fully saturated rings. The summed E-state index contributed by atoms with van der Waals surface area (Å²) < 4.78 is 22.8. The van der Waals surface area contributed by atoms with Gasteiger partial charge in [-0.1, -0.05) is 0 Å². The van der Waals surface area contributed by atoms with E-state index in [-0.39, 0.29) is 6.42 Å². The molecule has 0 aromatic carbocycles. The van der Waals surface area contributed by atoms with E-state index in [0.717, 1.165) is 0 Å². The molecule has 0 amide bonds. The lowest BCUT2D eigenvalue weighted by molar-refractivity contribution is 0.454. The maximum atomic E-state index is 8.67. The summed E-state index contributed by atoms with van der Waals surface area (Å²) in [5.74, 6) is 0. The van der Waals surface area contributed by atoms with Crippen molar-refractivity contribution in [1.82, 2.24) is 0 Å². The van der Waals surface area contributed by atoms with E-state index in [1.165, 1.54) is 0 Å². The SMILES string of the molecule is N#CCC#N.O=S(O)O. The first kappa shape index (κ1) is 10.9. The summed E-state index contributed by atoms with van der Waals surface area (Å²) in [5.41, 5.74) is 0. The Kier molecular flexibility index (Phi) is 12.3. The van der Waals surface area contributed by atoms with Crippen molar-refractivity contribution in [2.75, 3.05) is 0 Å². The summed E-state index contributed by atoms with van der Waals surface area (Å²) in [7, 11) is 0. The third-order valence-corrected chi connectivity index (χ3v) is 0.158. The predicted molar refractivity (Wildman–Crippen MR) is 29.2 cm³/mol. The van der Waals surface area contributed by atoms with Crippen LogP contribution in [0, 0.1) is 22.7 Å². The summed E-state index contributed by atoms with van der Waals surface area (Å²) in [6, 6.07) is 3.31. The van der Waals surface area contributed by atoms with E-state index in [9.17, 15) is 0 Å². The van der Waals surface area contributed by atoms with Gasteiger partial charge >= 0.3 is 0 Å². The zero-order chi connectivity index (χ0) is 7.70. The van der Waals surface area contributed by atoms with Gasteiger partial charge in [-0.3, -0.25) is 9.11 Å². The van der Waals surface area contributed by atoms with Gasteiger partial charge < -0.3 is 0 Å². The van der Waals surface area contributed by atoms with Crippen LogP contribution in [0.15, 0.2) is 0 Å². The first-order valence-electron chi connectivity index (χ1n) is 1.69. The highest BCUT2D eigenvalue weighted by Gasteiger charge is 1.62. The van der Waals surface area contributed by atoms with E-state index in [1.807, 2.05) is 0 Å². The average Bonchev–Trinajstić information content (AvgIpc) is 1.66. The van der Waals surface area contributed by atoms with Gasteiger partial charge in [0, 0.05) is 0 Å². The van der Waals surface area contributed by atoms with Crippen LogP contribution in [-0.4, -0.2) is 13.3 Å². The van der Waals surface area contributed by atoms with Gasteiger partial charge in [-0.25, -0.2) is 0 Å². The van der Waals surface area contributed by atoms with Crippen LogP contribution in [0.1, 0.15) is 6.42 Å². The molecule has 0 aliphatic heterocycles. The Morgan fingerprint density at radius 1 is 1.33 bits per heavy atom. The number of hydrogen-bond acceptors (Lipinski definition) is 3. The Morgan fingerprint density at radius 2 is 1.56 bits per heavy atom. The van der Waals surface area contributed by atoms with E-state index in [0.29, 0.717) is 0 Å². The molecule has 0 saturated heterocycles. The zero-order valence-electron chi connectivity index (χ0n) is 4.31. The molecule has 5 nitrogen and oxygen atoms in total. The van der Waals surface area contributed by atoms with Crippen LogP contribution in [0.5, 0.6) is 0 Å². The first-order chi connectivity index (χ1) is 4.15. The molecule has 0 radical (unpaired) electrons. The summed E-state index contributed by atoms with van der Waals surface area (Å²) in [5, 5.41) is 15.2. The van der Waals surface area contributed by atoms with Gasteiger partial charge in [-0.15, -0.1) is 0 Å². The highest BCUT2D eigenvalue weighted by atomic mass is 32.2. The van der Waals surface area contributed by atoms with E-state index < -0.39 is 11.4 Å². The van der Waals surface area contributed by atoms with Crippen molar-refractivity contribution in [3.63, 3.8) is 0 Å². The zero-order valence-corrected chi connectivity index (χ0v) is 5.13. The molecule has 50 valence electrons. The van der Waals surface area contributed by atoms with Crippen molar-refractivity contribution in [3.05, 3.63) is 0 Å². The second-order valence-electron chi connectivity index (χ2n) is 0.724. The molecule has 0 saturated carbocycles. The minimum Gasteiger partial charge on any atom is -0.284 e. The fourth-order valence-corrected chi connectivity index (χ4v) is 0.0354. The second-order valence-corrected chi connectivity index (χ2v) is 1.19. The van der Waals surface area contributed by atoms with Gasteiger partial charge in [-0.05, 0) is 0 Å². The van der Waals surface area contributed by atoms with Crippen LogP contribution < -0.4 is 0 Å². The predicted octanol–water partition coefficient (Wildman–Crippen LogP) is 0.105. The third kappa shape index (κ3) is 163. The molecular formula is C3H4N2O3S. The number of hydrogen-bond donors (Lipinski definition) is 2. The summed E-state index contributed by atoms with van der Waals surface area (Å²) >= 11 is -2.61. The van der Waals surface area contributed by atoms with Crippen LogP contribution in [0.25, 0.3) is 0 Å². The number of nitriles is 2. The quantitative estimate of drug-likeness (QED) is 0.474. The van der Waals surface area contributed by atoms with Gasteiger partial charge in [0.1, 0.15) is 6.42 Å². The third-order valence-electron chi connectivity index (χ3n) is 0.158. The highest BCUT2D eigenvalue weighted by molar-refractivity contribution is 7.73. The number of nitrogens with zero attached hydrogens (tertiary/aromatic N) is 2. The molecule has 0 aliphatic rings. The van der Waals surface area contributed by atoms with Crippen LogP contribution >= 0.6 is 0 Å². The van der Waals surface area contributed by atoms with Crippen LogP contribution in [0.2, 0.25) is 0 Å². The second kappa shape index (κ2) is 10.1. The van der Waals surface area contributed by atoms with Crippen molar-refractivity contribution >= 4 is 11.4 Å². The molecule has 0 bridgehead atoms. The van der Waals surface area contributed by atoms with E-state index in [4.69, 9.17) is 23.8 Å². The minimum absolute atomic E-state index is 0. The fourth-order valence-electron chi connectivity index (χ4n) is 0.0354. The summed E-state index contributed by atoms with van der Waals surface area (Å²) in [6.07, 6.45) is 0. The van der Waals surface area contributed by atoms with Crippen molar-refractivity contribution < 1.29 is 13.3 Å². The monoisotopic (exact) mass is 148 g/mol. The number of rotatable bonds is 0. The van der Waals surface area contributed by atoms with Gasteiger partial charge in [0.2, 0.25) is 0 Å². The Labute approximate surface area is 54.6 Å². The molecule has 0 unspecified atom stereocenters. The molecule has 0 atom stereocenters. The Morgan fingerprint density at radius 3 is 1.56 bits per heavy atom. The van der Waals surface area contributed by atoms with Crippen molar-refractivity contribution in [3.8, 4) is 12.1 Å². The Bertz CT molecular complexity index is 139. The normalized spacial score (nSPS) is 6.33. The van der Waals surface area contributed by atoms with E-state index in [2.05, 4.69) is 0 Å². The fraction of sp³-hybridized carbons (Fsp3) is 0.333. The molecule has 2 N–H and O–H groups in total. The van der Waals surface area contributed by atoms with Gasteiger partial charge in [0.15, 0.2) is 0 Å². The average molecular weight is 148 g/mol. The van der Waals surface area contributed by atoms with Crippen molar-refractivity contribution in [2.24, 2.45) is 0 Å². The van der Waals surface area contributed by atoms with Crippen LogP contribution in [-0.2, 0) is 11.4 Å². The molecular weight excluding hydrogens is 144 g/mol. The van der Waals surface area contributed by atoms with E-state index in [1.54, 1.807) is 12.1 Å². The Hall–Kier alpha value is -0.950. The lowest BCUT2D eigenvalue weighted by Gasteiger charge is -1.59. The minimum atomic E-state index is -2.61. The van der Waals surface area contributed by atoms with Gasteiger partial charge in [-0.2, -0.15) is 14.7 Å². The molecule has 0 heterocycles. The maximum absolute atomic E-state index is 8.67. The maximum Gasteiger partial charge on any atom is 0.299 e. The molecule has 0 aliphatic carbocycles. The highest BCUT2D eigenvalue weighted by Crippen LogP contribution is 1.59. The van der Waals surface area contributed by atoms with Gasteiger partial charge in [0.25, 0.3) is 11.4 Å². The molecule has 6 heteroatoms.